The lowest BCUT2D eigenvalue weighted by Crippen LogP contribution is -2.20. The van der Waals surface area contributed by atoms with Crippen LogP contribution in [-0.4, -0.2) is 14.5 Å². The van der Waals surface area contributed by atoms with Crippen molar-refractivity contribution in [3.05, 3.63) is 62.2 Å². The Morgan fingerprint density at radius 2 is 2.25 bits per heavy atom. The first-order valence-corrected chi connectivity index (χ1v) is 5.78. The zero-order chi connectivity index (χ0) is 14.7. The van der Waals surface area contributed by atoms with Crippen LogP contribution in [0.2, 0.25) is 0 Å². The first-order chi connectivity index (χ1) is 9.51. The van der Waals surface area contributed by atoms with Gasteiger partial charge < -0.3 is 9.99 Å². The van der Waals surface area contributed by atoms with E-state index in [4.69, 9.17) is 5.84 Å². The Balaban J connectivity index is 2.35. The smallest absolute Gasteiger partial charge is 0.288 e. The molecule has 0 amide bonds. The number of hydrogen-bond acceptors (Lipinski definition) is 6. The van der Waals surface area contributed by atoms with Crippen LogP contribution in [0.3, 0.4) is 0 Å². The summed E-state index contributed by atoms with van der Waals surface area (Å²) in [4.78, 5) is 26.2. The highest BCUT2D eigenvalue weighted by molar-refractivity contribution is 5.37. The van der Waals surface area contributed by atoms with Crippen LogP contribution in [0.25, 0.3) is 0 Å². The number of nitro groups is 1. The van der Waals surface area contributed by atoms with Crippen molar-refractivity contribution in [1.29, 1.82) is 0 Å². The van der Waals surface area contributed by atoms with Gasteiger partial charge in [-0.25, -0.2) is 10.8 Å². The molecule has 0 bridgehead atoms. The minimum Gasteiger partial charge on any atom is -0.308 e. The lowest BCUT2D eigenvalue weighted by Gasteiger charge is -2.07. The molecule has 2 rings (SSSR count). The molecule has 20 heavy (non-hydrogen) atoms. The Hall–Kier alpha value is -2.74. The number of nitrogen functional groups attached to an aromatic ring is 1. The van der Waals surface area contributed by atoms with Crippen LogP contribution in [0.1, 0.15) is 11.1 Å². The molecule has 8 nitrogen and oxygen atoms in total. The summed E-state index contributed by atoms with van der Waals surface area (Å²) in [7, 11) is 0. The molecule has 0 radical (unpaired) electrons. The van der Waals surface area contributed by atoms with Crippen LogP contribution >= 0.6 is 0 Å². The van der Waals surface area contributed by atoms with Crippen LogP contribution in [0.5, 0.6) is 0 Å². The van der Waals surface area contributed by atoms with Crippen molar-refractivity contribution in [1.82, 2.24) is 9.55 Å². The van der Waals surface area contributed by atoms with Gasteiger partial charge in [-0.3, -0.25) is 14.9 Å². The summed E-state index contributed by atoms with van der Waals surface area (Å²) < 4.78 is 1.28. The quantitative estimate of drug-likeness (QED) is 0.484. The van der Waals surface area contributed by atoms with Crippen molar-refractivity contribution in [3.63, 3.8) is 0 Å². The summed E-state index contributed by atoms with van der Waals surface area (Å²) in [5.74, 6) is 5.70. The molecule has 2 aromatic heterocycles. The predicted octanol–water partition coefficient (Wildman–Crippen LogP) is 0.794. The zero-order valence-corrected chi connectivity index (χ0v) is 10.7. The molecule has 0 aliphatic heterocycles. The van der Waals surface area contributed by atoms with Gasteiger partial charge in [0, 0.05) is 17.8 Å². The van der Waals surface area contributed by atoms with E-state index in [2.05, 4.69) is 10.4 Å². The fraction of sp³-hybridized carbons (Fsp3) is 0.167. The first-order valence-electron chi connectivity index (χ1n) is 5.78. The molecule has 3 N–H and O–H groups in total. The Bertz CT molecular complexity index is 693. The van der Waals surface area contributed by atoms with Gasteiger partial charge >= 0.3 is 0 Å². The second-order valence-corrected chi connectivity index (χ2v) is 4.26. The topological polar surface area (TPSA) is 116 Å². The minimum atomic E-state index is -0.509. The van der Waals surface area contributed by atoms with Gasteiger partial charge in [0.15, 0.2) is 0 Å². The summed E-state index contributed by atoms with van der Waals surface area (Å²) in [5.41, 5.74) is 3.09. The third-order valence-electron chi connectivity index (χ3n) is 2.83. The molecule has 104 valence electrons. The predicted molar refractivity (Wildman–Crippen MR) is 73.2 cm³/mol. The molecule has 0 atom stereocenters. The van der Waals surface area contributed by atoms with Gasteiger partial charge in [0.1, 0.15) is 5.82 Å². The normalized spacial score (nSPS) is 10.3. The summed E-state index contributed by atoms with van der Waals surface area (Å²) in [6, 6.07) is 4.64. The van der Waals surface area contributed by atoms with Crippen LogP contribution in [0, 0.1) is 17.0 Å². The number of aromatic nitrogens is 2. The van der Waals surface area contributed by atoms with Crippen LogP contribution in [-0.2, 0) is 6.54 Å². The lowest BCUT2D eigenvalue weighted by molar-refractivity contribution is -0.385. The number of anilines is 1. The van der Waals surface area contributed by atoms with E-state index in [1.54, 1.807) is 18.3 Å². The fourth-order valence-electron chi connectivity index (χ4n) is 1.77. The molecule has 0 saturated heterocycles. The van der Waals surface area contributed by atoms with Gasteiger partial charge in [0.2, 0.25) is 0 Å². The standard InChI is InChI=1S/C12H13N5O3/c1-8-4-12(18)16(7-10(8)17(19)20)6-9-2-3-11(15-13)14-5-9/h2-5,7H,6,13H2,1H3,(H,14,15). The second kappa shape index (κ2) is 5.49. The van der Waals surface area contributed by atoms with Gasteiger partial charge in [-0.15, -0.1) is 0 Å². The van der Waals surface area contributed by atoms with Crippen molar-refractivity contribution in [3.8, 4) is 0 Å². The number of nitrogens with zero attached hydrogens (tertiary/aromatic N) is 3. The van der Waals surface area contributed by atoms with E-state index in [9.17, 15) is 14.9 Å². The van der Waals surface area contributed by atoms with E-state index in [0.717, 1.165) is 5.56 Å². The molecule has 0 aliphatic rings. The Kier molecular flexibility index (Phi) is 3.76. The van der Waals surface area contributed by atoms with Crippen LogP contribution in [0.15, 0.2) is 35.4 Å². The molecule has 0 aliphatic carbocycles. The number of hydrogen-bond donors (Lipinski definition) is 2. The van der Waals surface area contributed by atoms with E-state index in [1.165, 1.54) is 23.8 Å². The zero-order valence-electron chi connectivity index (χ0n) is 10.7. The third kappa shape index (κ3) is 2.81. The molecule has 0 fully saturated rings. The number of pyridine rings is 2. The average Bonchev–Trinajstić information content (AvgIpc) is 2.42. The van der Waals surface area contributed by atoms with Crippen LogP contribution < -0.4 is 16.8 Å². The first kappa shape index (κ1) is 13.7. The van der Waals surface area contributed by atoms with Gasteiger partial charge in [-0.2, -0.15) is 0 Å². The maximum Gasteiger partial charge on any atom is 0.288 e. The summed E-state index contributed by atoms with van der Waals surface area (Å²) in [6.07, 6.45) is 2.79. The van der Waals surface area contributed by atoms with Gasteiger partial charge in [-0.05, 0) is 18.6 Å². The van der Waals surface area contributed by atoms with E-state index in [-0.39, 0.29) is 17.8 Å². The SMILES string of the molecule is Cc1cc(=O)n(Cc2ccc(NN)nc2)cc1[N+](=O)[O-]. The molecule has 2 heterocycles. The molecule has 0 aromatic carbocycles. The summed E-state index contributed by atoms with van der Waals surface area (Å²) >= 11 is 0. The van der Waals surface area contributed by atoms with Crippen molar-refractivity contribution in [2.24, 2.45) is 5.84 Å². The third-order valence-corrected chi connectivity index (χ3v) is 2.83. The van der Waals surface area contributed by atoms with Crippen molar-refractivity contribution in [2.45, 2.75) is 13.5 Å². The van der Waals surface area contributed by atoms with Crippen molar-refractivity contribution in [2.75, 3.05) is 5.43 Å². The number of nitrogens with one attached hydrogen (secondary N) is 1. The highest BCUT2D eigenvalue weighted by Gasteiger charge is 2.13. The molecule has 2 aromatic rings. The fourth-order valence-corrected chi connectivity index (χ4v) is 1.77. The largest absolute Gasteiger partial charge is 0.308 e. The highest BCUT2D eigenvalue weighted by atomic mass is 16.6. The molecule has 0 saturated carbocycles. The van der Waals surface area contributed by atoms with E-state index < -0.39 is 4.92 Å². The van der Waals surface area contributed by atoms with Crippen molar-refractivity contribution >= 4 is 11.5 Å². The second-order valence-electron chi connectivity index (χ2n) is 4.26. The van der Waals surface area contributed by atoms with Gasteiger partial charge in [0.05, 0.1) is 17.7 Å². The molecular formula is C12H13N5O3. The van der Waals surface area contributed by atoms with E-state index >= 15 is 0 Å². The van der Waals surface area contributed by atoms with Gasteiger partial charge in [0.25, 0.3) is 11.2 Å². The molecule has 0 unspecified atom stereocenters. The maximum atomic E-state index is 11.8. The number of rotatable bonds is 4. The maximum absolute atomic E-state index is 11.8. The van der Waals surface area contributed by atoms with Crippen LogP contribution in [0.4, 0.5) is 11.5 Å². The molecule has 0 spiro atoms. The number of aryl methyl sites for hydroxylation is 1. The summed E-state index contributed by atoms with van der Waals surface area (Å²) in [5, 5.41) is 10.9. The monoisotopic (exact) mass is 275 g/mol. The number of nitrogens with two attached hydrogens (primary N) is 1. The Labute approximate surface area is 114 Å². The van der Waals surface area contributed by atoms with E-state index in [0.29, 0.717) is 11.4 Å². The highest BCUT2D eigenvalue weighted by Crippen LogP contribution is 2.15. The number of hydrazine groups is 1. The van der Waals surface area contributed by atoms with Crippen molar-refractivity contribution < 1.29 is 4.92 Å². The van der Waals surface area contributed by atoms with Gasteiger partial charge in [-0.1, -0.05) is 6.07 Å². The average molecular weight is 275 g/mol. The Morgan fingerprint density at radius 1 is 1.50 bits per heavy atom. The van der Waals surface area contributed by atoms with E-state index in [1.807, 2.05) is 0 Å². The molecule has 8 heteroatoms. The Morgan fingerprint density at radius 3 is 2.80 bits per heavy atom. The lowest BCUT2D eigenvalue weighted by atomic mass is 10.2. The molecular weight excluding hydrogens is 262 g/mol. The minimum absolute atomic E-state index is 0.0854. The summed E-state index contributed by atoms with van der Waals surface area (Å²) in [6.45, 7) is 1.74.